The summed E-state index contributed by atoms with van der Waals surface area (Å²) >= 11 is 6.67. The quantitative estimate of drug-likeness (QED) is 0.330. The number of hydrogen-bond acceptors (Lipinski definition) is 10. The maximum atomic E-state index is 12.5. The number of nitrogens with one attached hydrogen (secondary N) is 3. The molecule has 1 aromatic heterocycles. The average Bonchev–Trinajstić information content (AvgIpc) is 2.94. The van der Waals surface area contributed by atoms with Crippen molar-refractivity contribution in [1.29, 1.82) is 0 Å². The van der Waals surface area contributed by atoms with Gasteiger partial charge in [-0.3, -0.25) is 5.32 Å². The molecule has 0 saturated heterocycles. The molecule has 2 aromatic carbocycles. The Bertz CT molecular complexity index is 1370. The minimum atomic E-state index is -0.416. The maximum absolute atomic E-state index is 12.5. The van der Waals surface area contributed by atoms with E-state index in [2.05, 4.69) is 35.8 Å². The summed E-state index contributed by atoms with van der Waals surface area (Å²) in [5, 5.41) is 9.05. The van der Waals surface area contributed by atoms with Crippen LogP contribution in [0.15, 0.2) is 47.6 Å². The van der Waals surface area contributed by atoms with Crippen molar-refractivity contribution in [2.45, 2.75) is 13.5 Å². The first kappa shape index (κ1) is 28.7. The van der Waals surface area contributed by atoms with E-state index in [-0.39, 0.29) is 12.5 Å². The van der Waals surface area contributed by atoms with Crippen molar-refractivity contribution in [3.8, 4) is 17.2 Å². The minimum Gasteiger partial charge on any atom is -0.497 e. The van der Waals surface area contributed by atoms with Gasteiger partial charge in [-0.05, 0) is 45.3 Å². The summed E-state index contributed by atoms with van der Waals surface area (Å²) in [4.78, 5) is 30.0. The Balaban J connectivity index is 1.60. The van der Waals surface area contributed by atoms with E-state index in [0.29, 0.717) is 47.1 Å². The smallest absolute Gasteiger partial charge is 0.321 e. The van der Waals surface area contributed by atoms with E-state index in [9.17, 15) is 4.79 Å². The third-order valence-electron chi connectivity index (χ3n) is 5.86. The Kier molecular flexibility index (Phi) is 9.46. The van der Waals surface area contributed by atoms with Gasteiger partial charge in [-0.1, -0.05) is 11.6 Å². The molecule has 212 valence electrons. The van der Waals surface area contributed by atoms with Crippen LogP contribution in [0.5, 0.6) is 17.2 Å². The highest BCUT2D eigenvalue weighted by Gasteiger charge is 2.28. The lowest BCUT2D eigenvalue weighted by Gasteiger charge is -2.31. The van der Waals surface area contributed by atoms with E-state index in [0.717, 1.165) is 23.5 Å². The Morgan fingerprint density at radius 2 is 1.90 bits per heavy atom. The predicted molar refractivity (Wildman–Crippen MR) is 156 cm³/mol. The van der Waals surface area contributed by atoms with Crippen LogP contribution in [0, 0.1) is 0 Å². The first-order chi connectivity index (χ1) is 19.3. The molecule has 4 rings (SSSR count). The number of fused-ring (bicyclic) bond motifs is 1. The second-order valence-electron chi connectivity index (χ2n) is 9.01. The number of amides is 2. The van der Waals surface area contributed by atoms with Gasteiger partial charge in [0.1, 0.15) is 28.9 Å². The van der Waals surface area contributed by atoms with Crippen LogP contribution in [-0.2, 0) is 6.54 Å². The molecule has 0 aliphatic carbocycles. The first-order valence-corrected chi connectivity index (χ1v) is 13.0. The van der Waals surface area contributed by atoms with Gasteiger partial charge in [0.2, 0.25) is 11.9 Å². The van der Waals surface area contributed by atoms with Crippen molar-refractivity contribution in [3.05, 3.63) is 53.2 Å². The average molecular weight is 569 g/mol. The standard InChI is InChI=1S/C27H33ClN8O4/c1-6-29-27(37)34-26-33-24-17(16-36(26)21-13-20(38-4)14-22(39-5)23(21)28)15-30-25(32-24)31-18-7-9-19(10-8-18)40-12-11-35(2)3/h7-10,13-15H,6,11-12,16H2,1-5H3,(H3,29,30,31,32,33,34,37). The molecule has 1 aliphatic heterocycles. The van der Waals surface area contributed by atoms with Crippen molar-refractivity contribution in [1.82, 2.24) is 25.5 Å². The topological polar surface area (TPSA) is 125 Å². The lowest BCUT2D eigenvalue weighted by atomic mass is 10.2. The number of ether oxygens (including phenoxy) is 3. The Labute approximate surface area is 238 Å². The number of benzene rings is 2. The molecule has 2 heterocycles. The summed E-state index contributed by atoms with van der Waals surface area (Å²) in [6.45, 7) is 3.99. The van der Waals surface area contributed by atoms with Gasteiger partial charge < -0.3 is 34.6 Å². The number of carbonyl (C=O) groups excluding carboxylic acids is 1. The summed E-state index contributed by atoms with van der Waals surface area (Å²) in [6.07, 6.45) is 1.69. The summed E-state index contributed by atoms with van der Waals surface area (Å²) in [7, 11) is 7.07. The van der Waals surface area contributed by atoms with E-state index < -0.39 is 6.03 Å². The highest BCUT2D eigenvalue weighted by atomic mass is 35.5. The van der Waals surface area contributed by atoms with Crippen molar-refractivity contribution >= 4 is 46.7 Å². The number of nitrogens with zero attached hydrogens (tertiary/aromatic N) is 5. The van der Waals surface area contributed by atoms with Crippen LogP contribution in [0.3, 0.4) is 0 Å². The zero-order valence-electron chi connectivity index (χ0n) is 23.1. The predicted octanol–water partition coefficient (Wildman–Crippen LogP) is 4.16. The number of methoxy groups -OCH3 is 2. The van der Waals surface area contributed by atoms with E-state index in [4.69, 9.17) is 25.8 Å². The highest BCUT2D eigenvalue weighted by Crippen LogP contribution is 2.41. The van der Waals surface area contributed by atoms with E-state index in [1.807, 2.05) is 45.3 Å². The molecule has 0 unspecified atom stereocenters. The fourth-order valence-corrected chi connectivity index (χ4v) is 4.09. The van der Waals surface area contributed by atoms with Gasteiger partial charge in [-0.2, -0.15) is 9.98 Å². The molecule has 0 saturated carbocycles. The van der Waals surface area contributed by atoms with Gasteiger partial charge in [-0.15, -0.1) is 0 Å². The van der Waals surface area contributed by atoms with Crippen molar-refractivity contribution in [2.24, 2.45) is 4.99 Å². The molecular weight excluding hydrogens is 536 g/mol. The third-order valence-corrected chi connectivity index (χ3v) is 6.24. The van der Waals surface area contributed by atoms with Gasteiger partial charge in [-0.25, -0.2) is 9.78 Å². The molecular formula is C27H33ClN8O4. The summed E-state index contributed by atoms with van der Waals surface area (Å²) in [6, 6.07) is 10.6. The van der Waals surface area contributed by atoms with Gasteiger partial charge in [0, 0.05) is 42.7 Å². The van der Waals surface area contributed by atoms with Gasteiger partial charge in [0.05, 0.1) is 26.5 Å². The number of anilines is 3. The number of rotatable bonds is 10. The molecule has 13 heteroatoms. The van der Waals surface area contributed by atoms with Gasteiger partial charge >= 0.3 is 6.03 Å². The van der Waals surface area contributed by atoms with Gasteiger partial charge in [0.15, 0.2) is 5.82 Å². The van der Waals surface area contributed by atoms with E-state index in [1.165, 1.54) is 7.11 Å². The number of aromatic nitrogens is 2. The van der Waals surface area contributed by atoms with Gasteiger partial charge in [0.25, 0.3) is 0 Å². The van der Waals surface area contributed by atoms with Crippen LogP contribution in [0.25, 0.3) is 0 Å². The van der Waals surface area contributed by atoms with E-state index in [1.54, 1.807) is 30.3 Å². The SMILES string of the molecule is CCNC(=O)NC1=Nc2nc(Nc3ccc(OCCN(C)C)cc3)ncc2CN1c1cc(OC)cc(OC)c1Cl. The van der Waals surface area contributed by atoms with Crippen LogP contribution in [0.4, 0.5) is 27.9 Å². The maximum Gasteiger partial charge on any atom is 0.321 e. The number of urea groups is 1. The molecule has 3 N–H and O–H groups in total. The summed E-state index contributed by atoms with van der Waals surface area (Å²) in [5.74, 6) is 2.73. The summed E-state index contributed by atoms with van der Waals surface area (Å²) < 4.78 is 16.6. The molecule has 3 aromatic rings. The molecule has 0 atom stereocenters. The Morgan fingerprint density at radius 3 is 2.58 bits per heavy atom. The normalized spacial score (nSPS) is 12.4. The van der Waals surface area contributed by atoms with Crippen molar-refractivity contribution in [2.75, 3.05) is 58.2 Å². The largest absolute Gasteiger partial charge is 0.497 e. The number of hydrogen-bond donors (Lipinski definition) is 3. The highest BCUT2D eigenvalue weighted by molar-refractivity contribution is 6.35. The second-order valence-corrected chi connectivity index (χ2v) is 9.39. The lowest BCUT2D eigenvalue weighted by molar-refractivity contribution is 0.245. The molecule has 2 amide bonds. The van der Waals surface area contributed by atoms with Crippen LogP contribution >= 0.6 is 11.6 Å². The zero-order valence-corrected chi connectivity index (χ0v) is 23.9. The molecule has 1 aliphatic rings. The van der Waals surface area contributed by atoms with Crippen LogP contribution in [0.2, 0.25) is 5.02 Å². The molecule has 0 bridgehead atoms. The zero-order chi connectivity index (χ0) is 28.6. The monoisotopic (exact) mass is 568 g/mol. The third kappa shape index (κ3) is 7.01. The van der Waals surface area contributed by atoms with E-state index >= 15 is 0 Å². The minimum absolute atomic E-state index is 0.236. The number of carbonyl (C=O) groups is 1. The second kappa shape index (κ2) is 13.2. The molecule has 0 fully saturated rings. The molecule has 12 nitrogen and oxygen atoms in total. The molecule has 40 heavy (non-hydrogen) atoms. The number of aliphatic imine (C=N–C) groups is 1. The molecule has 0 spiro atoms. The van der Waals surface area contributed by atoms with Crippen LogP contribution in [0.1, 0.15) is 12.5 Å². The lowest BCUT2D eigenvalue weighted by Crippen LogP contribution is -2.49. The Morgan fingerprint density at radius 1 is 1.12 bits per heavy atom. The van der Waals surface area contributed by atoms with Crippen molar-refractivity contribution in [3.63, 3.8) is 0 Å². The van der Waals surface area contributed by atoms with Crippen molar-refractivity contribution < 1.29 is 19.0 Å². The van der Waals surface area contributed by atoms with Crippen LogP contribution < -0.4 is 35.1 Å². The Hall–Kier alpha value is -4.29. The number of guanidine groups is 1. The first-order valence-electron chi connectivity index (χ1n) is 12.6. The fourth-order valence-electron chi connectivity index (χ4n) is 3.80. The number of halogens is 1. The fraction of sp³-hybridized carbons (Fsp3) is 0.333. The summed E-state index contributed by atoms with van der Waals surface area (Å²) in [5.41, 5.74) is 2.06. The van der Waals surface area contributed by atoms with Crippen LogP contribution in [-0.4, -0.2) is 74.9 Å². The number of likely N-dealkylation sites (N-methyl/N-ethyl adjacent to an activating group) is 1. The molecule has 0 radical (unpaired) electrons.